The van der Waals surface area contributed by atoms with E-state index < -0.39 is 0 Å². The van der Waals surface area contributed by atoms with Crippen molar-refractivity contribution in [2.75, 3.05) is 44.4 Å². The van der Waals surface area contributed by atoms with Crippen LogP contribution in [0.3, 0.4) is 0 Å². The van der Waals surface area contributed by atoms with Gasteiger partial charge in [-0.1, -0.05) is 6.92 Å². The average Bonchev–Trinajstić information content (AvgIpc) is 2.88. The van der Waals surface area contributed by atoms with Crippen molar-refractivity contribution >= 4 is 17.7 Å². The largest absolute Gasteiger partial charge is 0.396 e. The Morgan fingerprint density at radius 2 is 2.21 bits per heavy atom. The molecule has 5 nitrogen and oxygen atoms in total. The van der Waals surface area contributed by atoms with E-state index in [9.17, 15) is 4.79 Å². The summed E-state index contributed by atoms with van der Waals surface area (Å²) in [7, 11) is 0. The number of aliphatic hydroxyl groups is 1. The summed E-state index contributed by atoms with van der Waals surface area (Å²) in [5.74, 6) is 1.87. The molecule has 2 unspecified atom stereocenters. The van der Waals surface area contributed by atoms with E-state index in [4.69, 9.17) is 9.84 Å². The number of hydrogen-bond acceptors (Lipinski definition) is 5. The quantitative estimate of drug-likeness (QED) is 0.503. The van der Waals surface area contributed by atoms with E-state index in [-0.39, 0.29) is 24.5 Å². The third kappa shape index (κ3) is 6.61. The molecule has 0 aromatic heterocycles. The van der Waals surface area contributed by atoms with Gasteiger partial charge in [0, 0.05) is 24.9 Å². The Kier molecular flexibility index (Phi) is 9.24. The highest BCUT2D eigenvalue weighted by Gasteiger charge is 2.33. The number of carbonyl (C=O) groups is 1. The predicted molar refractivity (Wildman–Crippen MR) is 78.4 cm³/mol. The molecule has 19 heavy (non-hydrogen) atoms. The third-order valence-electron chi connectivity index (χ3n) is 3.07. The van der Waals surface area contributed by atoms with E-state index in [0.29, 0.717) is 19.8 Å². The van der Waals surface area contributed by atoms with Crippen LogP contribution in [0, 0.1) is 5.92 Å². The first-order valence-electron chi connectivity index (χ1n) is 7.07. The van der Waals surface area contributed by atoms with Crippen LogP contribution in [0.15, 0.2) is 0 Å². The fraction of sp³-hybridized carbons (Fsp3) is 0.923. The van der Waals surface area contributed by atoms with Crippen molar-refractivity contribution in [1.29, 1.82) is 0 Å². The highest BCUT2D eigenvalue weighted by atomic mass is 32.2. The van der Waals surface area contributed by atoms with Crippen LogP contribution in [0.25, 0.3) is 0 Å². The third-order valence-corrected chi connectivity index (χ3v) is 4.14. The van der Waals surface area contributed by atoms with Gasteiger partial charge in [-0.15, -0.1) is 0 Å². The van der Waals surface area contributed by atoms with Gasteiger partial charge in [-0.25, -0.2) is 0 Å². The van der Waals surface area contributed by atoms with E-state index in [2.05, 4.69) is 17.6 Å². The van der Waals surface area contributed by atoms with Crippen molar-refractivity contribution in [2.24, 2.45) is 5.92 Å². The van der Waals surface area contributed by atoms with E-state index >= 15 is 0 Å². The van der Waals surface area contributed by atoms with E-state index in [1.165, 1.54) is 0 Å². The monoisotopic (exact) mass is 290 g/mol. The molecule has 1 aliphatic rings. The molecule has 0 aromatic carbocycles. The Morgan fingerprint density at radius 1 is 1.37 bits per heavy atom. The van der Waals surface area contributed by atoms with Gasteiger partial charge in [0.05, 0.1) is 19.1 Å². The highest BCUT2D eigenvalue weighted by Crippen LogP contribution is 2.14. The number of hydrogen-bond donors (Lipinski definition) is 3. The molecule has 112 valence electrons. The van der Waals surface area contributed by atoms with E-state index in [1.54, 1.807) is 11.8 Å². The van der Waals surface area contributed by atoms with E-state index in [1.807, 2.05) is 0 Å². The first kappa shape index (κ1) is 16.8. The van der Waals surface area contributed by atoms with Crippen LogP contribution < -0.4 is 10.6 Å². The Hall–Kier alpha value is -0.300. The average molecular weight is 290 g/mol. The predicted octanol–water partition coefficient (Wildman–Crippen LogP) is 0.233. The van der Waals surface area contributed by atoms with Gasteiger partial charge in [-0.05, 0) is 25.1 Å². The summed E-state index contributed by atoms with van der Waals surface area (Å²) in [5.41, 5.74) is 0. The van der Waals surface area contributed by atoms with Crippen LogP contribution >= 0.6 is 11.8 Å². The minimum absolute atomic E-state index is 0.0611. The lowest BCUT2D eigenvalue weighted by Crippen LogP contribution is -2.44. The molecule has 0 radical (unpaired) electrons. The van der Waals surface area contributed by atoms with Crippen LogP contribution in [-0.2, 0) is 9.53 Å². The second-order valence-electron chi connectivity index (χ2n) is 4.69. The Bertz CT molecular complexity index is 254. The Labute approximate surface area is 119 Å². The lowest BCUT2D eigenvalue weighted by atomic mass is 10.0. The van der Waals surface area contributed by atoms with Gasteiger partial charge in [0.25, 0.3) is 0 Å². The maximum absolute atomic E-state index is 12.0. The van der Waals surface area contributed by atoms with Crippen molar-refractivity contribution in [2.45, 2.75) is 25.8 Å². The van der Waals surface area contributed by atoms with Crippen molar-refractivity contribution in [1.82, 2.24) is 10.6 Å². The van der Waals surface area contributed by atoms with Crippen LogP contribution in [0.4, 0.5) is 0 Å². The number of carbonyl (C=O) groups excluding carboxylic acids is 1. The molecule has 0 spiro atoms. The summed E-state index contributed by atoms with van der Waals surface area (Å²) in [6, 6.07) is 0.155. The maximum Gasteiger partial charge on any atom is 0.227 e. The Morgan fingerprint density at radius 3 is 2.95 bits per heavy atom. The zero-order chi connectivity index (χ0) is 13.9. The zero-order valence-electron chi connectivity index (χ0n) is 11.7. The summed E-state index contributed by atoms with van der Waals surface area (Å²) in [5, 5.41) is 15.0. The topological polar surface area (TPSA) is 70.6 Å². The lowest BCUT2D eigenvalue weighted by molar-refractivity contribution is -0.125. The highest BCUT2D eigenvalue weighted by molar-refractivity contribution is 7.99. The van der Waals surface area contributed by atoms with Crippen LogP contribution in [0.5, 0.6) is 0 Å². The molecule has 1 heterocycles. The molecule has 0 saturated carbocycles. The lowest BCUT2D eigenvalue weighted by Gasteiger charge is -2.18. The molecule has 0 bridgehead atoms. The summed E-state index contributed by atoms with van der Waals surface area (Å²) >= 11 is 1.76. The number of rotatable bonds is 10. The number of nitrogens with one attached hydrogen (secondary N) is 2. The molecule has 1 fully saturated rings. The van der Waals surface area contributed by atoms with Gasteiger partial charge in [0.15, 0.2) is 0 Å². The molecule has 1 rings (SSSR count). The van der Waals surface area contributed by atoms with Gasteiger partial charge in [0.2, 0.25) is 5.91 Å². The summed E-state index contributed by atoms with van der Waals surface area (Å²) in [6.07, 6.45) is 1.88. The minimum atomic E-state index is -0.0611. The molecule has 0 aliphatic carbocycles. The van der Waals surface area contributed by atoms with Gasteiger partial charge in [-0.3, -0.25) is 4.79 Å². The smallest absolute Gasteiger partial charge is 0.227 e. The van der Waals surface area contributed by atoms with Crippen LogP contribution in [-0.4, -0.2) is 61.5 Å². The van der Waals surface area contributed by atoms with E-state index in [0.717, 1.165) is 30.9 Å². The first-order valence-corrected chi connectivity index (χ1v) is 8.22. The summed E-state index contributed by atoms with van der Waals surface area (Å²) in [4.78, 5) is 12.0. The molecular formula is C13H26N2O3S. The zero-order valence-corrected chi connectivity index (χ0v) is 12.5. The number of ether oxygens (including phenoxy) is 1. The minimum Gasteiger partial charge on any atom is -0.396 e. The van der Waals surface area contributed by atoms with Crippen molar-refractivity contribution in [3.05, 3.63) is 0 Å². The van der Waals surface area contributed by atoms with Crippen molar-refractivity contribution in [3.8, 4) is 0 Å². The SMILES string of the molecule is CCCNC1COCC1C(=O)NCCSCCCO. The second-order valence-corrected chi connectivity index (χ2v) is 5.91. The molecule has 6 heteroatoms. The fourth-order valence-corrected chi connectivity index (χ4v) is 2.77. The van der Waals surface area contributed by atoms with Crippen LogP contribution in [0.2, 0.25) is 0 Å². The van der Waals surface area contributed by atoms with Crippen molar-refractivity contribution < 1.29 is 14.6 Å². The van der Waals surface area contributed by atoms with Gasteiger partial charge >= 0.3 is 0 Å². The number of amides is 1. The molecular weight excluding hydrogens is 264 g/mol. The summed E-state index contributed by atoms with van der Waals surface area (Å²) in [6.45, 7) is 5.11. The first-order chi connectivity index (χ1) is 9.29. The summed E-state index contributed by atoms with van der Waals surface area (Å²) < 4.78 is 5.39. The molecule has 1 aliphatic heterocycles. The fourth-order valence-electron chi connectivity index (χ4n) is 1.99. The normalized spacial score (nSPS) is 22.6. The molecule has 1 amide bonds. The molecule has 3 N–H and O–H groups in total. The number of thioether (sulfide) groups is 1. The Balaban J connectivity index is 2.13. The van der Waals surface area contributed by atoms with Gasteiger partial charge < -0.3 is 20.5 Å². The molecule has 1 saturated heterocycles. The number of aliphatic hydroxyl groups excluding tert-OH is 1. The van der Waals surface area contributed by atoms with Crippen LogP contribution in [0.1, 0.15) is 19.8 Å². The second kappa shape index (κ2) is 10.5. The standard InChI is InChI=1S/C13H26N2O3S/c1-2-4-14-12-10-18-9-11(12)13(17)15-5-8-19-7-3-6-16/h11-12,14,16H,2-10H2,1H3,(H,15,17). The van der Waals surface area contributed by atoms with Crippen molar-refractivity contribution in [3.63, 3.8) is 0 Å². The molecule has 0 aromatic rings. The van der Waals surface area contributed by atoms with Gasteiger partial charge in [-0.2, -0.15) is 11.8 Å². The molecule has 2 atom stereocenters. The maximum atomic E-state index is 12.0. The van der Waals surface area contributed by atoms with Gasteiger partial charge in [0.1, 0.15) is 0 Å².